The average molecular weight is 188 g/mol. The summed E-state index contributed by atoms with van der Waals surface area (Å²) in [5, 5.41) is 0. The van der Waals surface area contributed by atoms with Gasteiger partial charge in [-0.1, -0.05) is 0 Å². The van der Waals surface area contributed by atoms with Crippen molar-refractivity contribution in [3.05, 3.63) is 0 Å². The van der Waals surface area contributed by atoms with E-state index in [1.807, 2.05) is 6.92 Å². The summed E-state index contributed by atoms with van der Waals surface area (Å²) in [7, 11) is 3.41. The van der Waals surface area contributed by atoms with Gasteiger partial charge in [0.15, 0.2) is 0 Å². The van der Waals surface area contributed by atoms with Gasteiger partial charge in [0.1, 0.15) is 0 Å². The predicted molar refractivity (Wildman–Crippen MR) is 52.4 cm³/mol. The molecule has 0 radical (unpaired) electrons. The number of likely N-dealkylation sites (N-methyl/N-ethyl adjacent to an activating group) is 1. The zero-order chi connectivity index (χ0) is 10.3. The Morgan fingerprint density at radius 2 is 2.23 bits per heavy atom. The fraction of sp³-hybridized carbons (Fsp3) is 0.889. The summed E-state index contributed by atoms with van der Waals surface area (Å²) in [6.45, 7) is 3.30. The second-order valence-corrected chi connectivity index (χ2v) is 3.09. The van der Waals surface area contributed by atoms with E-state index in [9.17, 15) is 4.79 Å². The van der Waals surface area contributed by atoms with Crippen molar-refractivity contribution < 1.29 is 9.53 Å². The van der Waals surface area contributed by atoms with Crippen molar-refractivity contribution in [2.45, 2.75) is 25.8 Å². The van der Waals surface area contributed by atoms with Gasteiger partial charge in [-0.05, 0) is 19.8 Å². The van der Waals surface area contributed by atoms with Gasteiger partial charge in [-0.25, -0.2) is 0 Å². The van der Waals surface area contributed by atoms with Crippen LogP contribution in [0, 0.1) is 0 Å². The second kappa shape index (κ2) is 6.86. The van der Waals surface area contributed by atoms with Crippen LogP contribution < -0.4 is 5.73 Å². The molecule has 2 N–H and O–H groups in total. The highest BCUT2D eigenvalue weighted by atomic mass is 16.5. The van der Waals surface area contributed by atoms with Gasteiger partial charge in [-0.2, -0.15) is 0 Å². The number of hydrogen-bond acceptors (Lipinski definition) is 3. The van der Waals surface area contributed by atoms with Crippen LogP contribution in [0.2, 0.25) is 0 Å². The molecule has 0 rings (SSSR count). The lowest BCUT2D eigenvalue weighted by atomic mass is 10.1. The number of methoxy groups -OCH3 is 1. The van der Waals surface area contributed by atoms with E-state index >= 15 is 0 Å². The fourth-order valence-electron chi connectivity index (χ4n) is 1.01. The van der Waals surface area contributed by atoms with E-state index in [2.05, 4.69) is 0 Å². The molecule has 4 heteroatoms. The normalized spacial score (nSPS) is 12.6. The monoisotopic (exact) mass is 188 g/mol. The molecule has 0 saturated carbocycles. The van der Waals surface area contributed by atoms with Crippen LogP contribution in [0.15, 0.2) is 0 Å². The molecule has 0 fully saturated rings. The highest BCUT2D eigenvalue weighted by Gasteiger charge is 2.15. The van der Waals surface area contributed by atoms with Crippen LogP contribution in [0.1, 0.15) is 19.8 Å². The van der Waals surface area contributed by atoms with Crippen molar-refractivity contribution in [2.75, 3.05) is 27.3 Å². The van der Waals surface area contributed by atoms with Gasteiger partial charge in [0.05, 0.1) is 6.04 Å². The van der Waals surface area contributed by atoms with Gasteiger partial charge in [-0.15, -0.1) is 0 Å². The molecule has 0 aromatic rings. The summed E-state index contributed by atoms with van der Waals surface area (Å²) >= 11 is 0. The van der Waals surface area contributed by atoms with E-state index in [-0.39, 0.29) is 11.9 Å². The van der Waals surface area contributed by atoms with Crippen molar-refractivity contribution >= 4 is 5.91 Å². The van der Waals surface area contributed by atoms with Gasteiger partial charge in [-0.3, -0.25) is 4.79 Å². The highest BCUT2D eigenvalue weighted by molar-refractivity contribution is 5.81. The predicted octanol–water partition coefficient (Wildman–Crippen LogP) is 0.219. The molecule has 78 valence electrons. The summed E-state index contributed by atoms with van der Waals surface area (Å²) in [5.41, 5.74) is 5.69. The lowest BCUT2D eigenvalue weighted by molar-refractivity contribution is -0.131. The van der Waals surface area contributed by atoms with Crippen molar-refractivity contribution in [3.8, 4) is 0 Å². The van der Waals surface area contributed by atoms with Crippen LogP contribution in [0.4, 0.5) is 0 Å². The quantitative estimate of drug-likeness (QED) is 0.607. The molecule has 0 aliphatic rings. The Kier molecular flexibility index (Phi) is 6.54. The van der Waals surface area contributed by atoms with Gasteiger partial charge >= 0.3 is 0 Å². The molecule has 1 amide bonds. The molecule has 0 aliphatic carbocycles. The molecule has 0 saturated heterocycles. The minimum atomic E-state index is -0.375. The number of nitrogens with zero attached hydrogens (tertiary/aromatic N) is 1. The Balaban J connectivity index is 3.69. The van der Waals surface area contributed by atoms with E-state index in [0.29, 0.717) is 19.6 Å². The number of ether oxygens (including phenoxy) is 1. The summed E-state index contributed by atoms with van der Waals surface area (Å²) in [4.78, 5) is 13.1. The molecule has 13 heavy (non-hydrogen) atoms. The minimum Gasteiger partial charge on any atom is -0.385 e. The molecular formula is C9H20N2O2. The van der Waals surface area contributed by atoms with Crippen LogP contribution >= 0.6 is 0 Å². The first kappa shape index (κ1) is 12.4. The maximum atomic E-state index is 11.4. The zero-order valence-corrected chi connectivity index (χ0v) is 8.75. The summed E-state index contributed by atoms with van der Waals surface area (Å²) in [6, 6.07) is -0.375. The lowest BCUT2D eigenvalue weighted by Crippen LogP contribution is -2.41. The minimum absolute atomic E-state index is 0.0126. The Hall–Kier alpha value is -0.610. The van der Waals surface area contributed by atoms with E-state index in [1.54, 1.807) is 19.1 Å². The largest absolute Gasteiger partial charge is 0.385 e. The SMILES string of the molecule is CCN(C)C(=O)C(N)CCCOC. The number of hydrogen-bond donors (Lipinski definition) is 1. The van der Waals surface area contributed by atoms with E-state index < -0.39 is 0 Å². The third kappa shape index (κ3) is 4.85. The Morgan fingerprint density at radius 3 is 2.69 bits per heavy atom. The standard InChI is InChI=1S/C9H20N2O2/c1-4-11(2)9(12)8(10)6-5-7-13-3/h8H,4-7,10H2,1-3H3. The lowest BCUT2D eigenvalue weighted by Gasteiger charge is -2.19. The number of carbonyl (C=O) groups is 1. The molecule has 1 unspecified atom stereocenters. The molecule has 0 spiro atoms. The first-order valence-corrected chi connectivity index (χ1v) is 4.63. The average Bonchev–Trinajstić information content (AvgIpc) is 2.15. The third-order valence-corrected chi connectivity index (χ3v) is 2.03. The first-order valence-electron chi connectivity index (χ1n) is 4.63. The smallest absolute Gasteiger partial charge is 0.239 e. The highest BCUT2D eigenvalue weighted by Crippen LogP contribution is 1.98. The third-order valence-electron chi connectivity index (χ3n) is 2.03. The Morgan fingerprint density at radius 1 is 1.62 bits per heavy atom. The Labute approximate surface area is 80.0 Å². The second-order valence-electron chi connectivity index (χ2n) is 3.09. The molecule has 0 aliphatic heterocycles. The summed E-state index contributed by atoms with van der Waals surface area (Å²) in [5.74, 6) is 0.0126. The van der Waals surface area contributed by atoms with Gasteiger partial charge in [0, 0.05) is 27.3 Å². The number of carbonyl (C=O) groups excluding carboxylic acids is 1. The molecule has 0 bridgehead atoms. The van der Waals surface area contributed by atoms with E-state index in [0.717, 1.165) is 6.42 Å². The summed E-state index contributed by atoms with van der Waals surface area (Å²) < 4.78 is 4.88. The van der Waals surface area contributed by atoms with Crippen molar-refractivity contribution in [2.24, 2.45) is 5.73 Å². The van der Waals surface area contributed by atoms with Crippen LogP contribution in [0.5, 0.6) is 0 Å². The topological polar surface area (TPSA) is 55.6 Å². The van der Waals surface area contributed by atoms with Crippen molar-refractivity contribution in [3.63, 3.8) is 0 Å². The molecule has 4 nitrogen and oxygen atoms in total. The fourth-order valence-corrected chi connectivity index (χ4v) is 1.01. The molecule has 0 aromatic heterocycles. The zero-order valence-electron chi connectivity index (χ0n) is 8.75. The number of amides is 1. The van der Waals surface area contributed by atoms with Crippen LogP contribution in [0.3, 0.4) is 0 Å². The molecule has 1 atom stereocenters. The van der Waals surface area contributed by atoms with Crippen LogP contribution in [-0.2, 0) is 9.53 Å². The summed E-state index contributed by atoms with van der Waals surface area (Å²) in [6.07, 6.45) is 1.53. The first-order chi connectivity index (χ1) is 6.13. The molecule has 0 heterocycles. The maximum Gasteiger partial charge on any atom is 0.239 e. The van der Waals surface area contributed by atoms with Crippen molar-refractivity contribution in [1.82, 2.24) is 4.90 Å². The van der Waals surface area contributed by atoms with Crippen LogP contribution in [-0.4, -0.2) is 44.2 Å². The number of rotatable bonds is 6. The Bertz CT molecular complexity index is 151. The van der Waals surface area contributed by atoms with Crippen LogP contribution in [0.25, 0.3) is 0 Å². The van der Waals surface area contributed by atoms with Gasteiger partial charge < -0.3 is 15.4 Å². The molecule has 0 aromatic carbocycles. The maximum absolute atomic E-state index is 11.4. The molecular weight excluding hydrogens is 168 g/mol. The number of nitrogens with two attached hydrogens (primary N) is 1. The van der Waals surface area contributed by atoms with E-state index in [1.165, 1.54) is 0 Å². The van der Waals surface area contributed by atoms with Gasteiger partial charge in [0.2, 0.25) is 5.91 Å². The van der Waals surface area contributed by atoms with Crippen molar-refractivity contribution in [1.29, 1.82) is 0 Å². The van der Waals surface area contributed by atoms with Gasteiger partial charge in [0.25, 0.3) is 0 Å². The van der Waals surface area contributed by atoms with E-state index in [4.69, 9.17) is 10.5 Å².